The second-order valence-corrected chi connectivity index (χ2v) is 7.85. The summed E-state index contributed by atoms with van der Waals surface area (Å²) in [6.45, 7) is 3.59. The molecule has 2 aromatic carbocycles. The average Bonchev–Trinajstić information content (AvgIpc) is 2.80. The standard InChI is InChI=1S/C24H32FN5O.HI/c1-26-23(31)20-5-3-4-18(16-20)10-13-28-24(27-2)29-22-11-14-30(15-12-22)17-19-6-8-21(25)9-7-19;/h3-9,16,22H,10-15,17H2,1-2H3,(H,26,31)(H2,27,28,29);1H. The highest BCUT2D eigenvalue weighted by Crippen LogP contribution is 2.14. The van der Waals surface area contributed by atoms with Gasteiger partial charge in [-0.25, -0.2) is 4.39 Å². The normalized spacial score (nSPS) is 15.0. The first kappa shape index (κ1) is 26.1. The van der Waals surface area contributed by atoms with Crippen molar-refractivity contribution in [3.05, 3.63) is 71.0 Å². The highest BCUT2D eigenvalue weighted by atomic mass is 127. The van der Waals surface area contributed by atoms with Crippen molar-refractivity contribution in [1.82, 2.24) is 20.9 Å². The second kappa shape index (κ2) is 13.4. The number of hydrogen-bond acceptors (Lipinski definition) is 3. The number of aliphatic imine (C=N–C) groups is 1. The molecule has 0 bridgehead atoms. The number of benzene rings is 2. The Bertz CT molecular complexity index is 882. The molecular weight excluding hydrogens is 520 g/mol. The molecule has 2 aromatic rings. The summed E-state index contributed by atoms with van der Waals surface area (Å²) in [6, 6.07) is 14.8. The maximum atomic E-state index is 13.1. The average molecular weight is 553 g/mol. The molecule has 1 fully saturated rings. The third kappa shape index (κ3) is 8.05. The first-order valence-corrected chi connectivity index (χ1v) is 10.8. The maximum absolute atomic E-state index is 13.1. The summed E-state index contributed by atoms with van der Waals surface area (Å²) in [7, 11) is 3.42. The molecule has 0 aliphatic carbocycles. The van der Waals surface area contributed by atoms with Crippen molar-refractivity contribution < 1.29 is 9.18 Å². The number of piperidine rings is 1. The van der Waals surface area contributed by atoms with E-state index in [4.69, 9.17) is 0 Å². The molecule has 1 heterocycles. The number of amides is 1. The number of hydrogen-bond donors (Lipinski definition) is 3. The number of rotatable bonds is 7. The Morgan fingerprint density at radius 2 is 1.84 bits per heavy atom. The molecule has 32 heavy (non-hydrogen) atoms. The van der Waals surface area contributed by atoms with Gasteiger partial charge < -0.3 is 16.0 Å². The summed E-state index contributed by atoms with van der Waals surface area (Å²) in [4.78, 5) is 18.5. The molecular formula is C24H33FIN5O. The van der Waals surface area contributed by atoms with Crippen molar-refractivity contribution in [1.29, 1.82) is 0 Å². The minimum atomic E-state index is -0.190. The number of carbonyl (C=O) groups is 1. The fraction of sp³-hybridized carbons (Fsp3) is 0.417. The molecule has 0 spiro atoms. The van der Waals surface area contributed by atoms with E-state index < -0.39 is 0 Å². The van der Waals surface area contributed by atoms with Crippen LogP contribution in [-0.2, 0) is 13.0 Å². The lowest BCUT2D eigenvalue weighted by Crippen LogP contribution is -2.48. The number of halogens is 2. The third-order valence-electron chi connectivity index (χ3n) is 5.59. The van der Waals surface area contributed by atoms with Gasteiger partial charge in [-0.1, -0.05) is 24.3 Å². The fourth-order valence-corrected chi connectivity index (χ4v) is 3.81. The van der Waals surface area contributed by atoms with E-state index in [1.54, 1.807) is 14.1 Å². The van der Waals surface area contributed by atoms with Crippen molar-refractivity contribution in [2.45, 2.75) is 31.8 Å². The van der Waals surface area contributed by atoms with Crippen LogP contribution in [-0.4, -0.2) is 56.5 Å². The molecule has 0 saturated carbocycles. The van der Waals surface area contributed by atoms with Gasteiger partial charge in [-0.05, 0) is 54.7 Å². The molecule has 1 saturated heterocycles. The van der Waals surface area contributed by atoms with Crippen LogP contribution in [0.1, 0.15) is 34.3 Å². The van der Waals surface area contributed by atoms with Crippen LogP contribution in [0.2, 0.25) is 0 Å². The monoisotopic (exact) mass is 553 g/mol. The quantitative estimate of drug-likeness (QED) is 0.280. The van der Waals surface area contributed by atoms with Gasteiger partial charge in [-0.2, -0.15) is 0 Å². The molecule has 0 unspecified atom stereocenters. The Morgan fingerprint density at radius 3 is 2.50 bits per heavy atom. The summed E-state index contributed by atoms with van der Waals surface area (Å²) in [5.41, 5.74) is 2.93. The largest absolute Gasteiger partial charge is 0.356 e. The van der Waals surface area contributed by atoms with Crippen molar-refractivity contribution >= 4 is 35.8 Å². The Hall–Kier alpha value is -2.20. The van der Waals surface area contributed by atoms with E-state index in [1.807, 2.05) is 36.4 Å². The van der Waals surface area contributed by atoms with Crippen LogP contribution in [0.5, 0.6) is 0 Å². The van der Waals surface area contributed by atoms with Crippen molar-refractivity contribution in [3.8, 4) is 0 Å². The SMILES string of the molecule is CN=C(NCCc1cccc(C(=O)NC)c1)NC1CCN(Cc2ccc(F)cc2)CC1.I. The molecule has 1 aliphatic rings. The fourth-order valence-electron chi connectivity index (χ4n) is 3.81. The Balaban J connectivity index is 0.00000363. The predicted octanol–water partition coefficient (Wildman–Crippen LogP) is 3.18. The second-order valence-electron chi connectivity index (χ2n) is 7.85. The molecule has 0 atom stereocenters. The van der Waals surface area contributed by atoms with E-state index in [0.29, 0.717) is 11.6 Å². The topological polar surface area (TPSA) is 68.8 Å². The number of guanidine groups is 1. The van der Waals surface area contributed by atoms with Crippen LogP contribution < -0.4 is 16.0 Å². The van der Waals surface area contributed by atoms with Crippen molar-refractivity contribution in [3.63, 3.8) is 0 Å². The van der Waals surface area contributed by atoms with E-state index in [1.165, 1.54) is 12.1 Å². The molecule has 1 aliphatic heterocycles. The number of nitrogens with one attached hydrogen (secondary N) is 3. The van der Waals surface area contributed by atoms with E-state index in [2.05, 4.69) is 25.8 Å². The minimum Gasteiger partial charge on any atom is -0.356 e. The molecule has 0 radical (unpaired) electrons. The number of nitrogens with zero attached hydrogens (tertiary/aromatic N) is 2. The summed E-state index contributed by atoms with van der Waals surface area (Å²) < 4.78 is 13.1. The molecule has 8 heteroatoms. The van der Waals surface area contributed by atoms with Crippen molar-refractivity contribution in [2.24, 2.45) is 4.99 Å². The Morgan fingerprint density at radius 1 is 1.12 bits per heavy atom. The first-order chi connectivity index (χ1) is 15.1. The molecule has 3 N–H and O–H groups in total. The lowest BCUT2D eigenvalue weighted by Gasteiger charge is -2.33. The third-order valence-corrected chi connectivity index (χ3v) is 5.59. The van der Waals surface area contributed by atoms with Gasteiger partial charge >= 0.3 is 0 Å². The molecule has 3 rings (SSSR count). The van der Waals surface area contributed by atoms with Gasteiger partial charge in [0.15, 0.2) is 5.96 Å². The van der Waals surface area contributed by atoms with Gasteiger partial charge in [-0.3, -0.25) is 14.7 Å². The van der Waals surface area contributed by atoms with E-state index in [-0.39, 0.29) is 35.7 Å². The highest BCUT2D eigenvalue weighted by molar-refractivity contribution is 14.0. The summed E-state index contributed by atoms with van der Waals surface area (Å²) in [5, 5.41) is 9.55. The van der Waals surface area contributed by atoms with Crippen LogP contribution in [0.3, 0.4) is 0 Å². The van der Waals surface area contributed by atoms with E-state index in [9.17, 15) is 9.18 Å². The summed E-state index contributed by atoms with van der Waals surface area (Å²) in [5.74, 6) is 0.544. The van der Waals surface area contributed by atoms with Gasteiger partial charge in [0.05, 0.1) is 0 Å². The smallest absolute Gasteiger partial charge is 0.251 e. The van der Waals surface area contributed by atoms with Crippen LogP contribution in [0.15, 0.2) is 53.5 Å². The molecule has 174 valence electrons. The van der Waals surface area contributed by atoms with Gasteiger partial charge in [0, 0.05) is 51.9 Å². The predicted molar refractivity (Wildman–Crippen MR) is 138 cm³/mol. The van der Waals surface area contributed by atoms with Gasteiger partial charge in [0.25, 0.3) is 5.91 Å². The van der Waals surface area contributed by atoms with Crippen LogP contribution in [0, 0.1) is 5.82 Å². The zero-order chi connectivity index (χ0) is 22.1. The van der Waals surface area contributed by atoms with E-state index >= 15 is 0 Å². The van der Waals surface area contributed by atoms with Crippen LogP contribution in [0.25, 0.3) is 0 Å². The van der Waals surface area contributed by atoms with Gasteiger partial charge in [0.2, 0.25) is 0 Å². The number of likely N-dealkylation sites (tertiary alicyclic amines) is 1. The Labute approximate surface area is 207 Å². The summed E-state index contributed by atoms with van der Waals surface area (Å²) >= 11 is 0. The molecule has 1 amide bonds. The molecule has 0 aromatic heterocycles. The zero-order valence-electron chi connectivity index (χ0n) is 18.7. The minimum absolute atomic E-state index is 0. The zero-order valence-corrected chi connectivity index (χ0v) is 21.1. The lowest BCUT2D eigenvalue weighted by atomic mass is 10.0. The lowest BCUT2D eigenvalue weighted by molar-refractivity contribution is 0.0963. The van der Waals surface area contributed by atoms with Gasteiger partial charge in [-0.15, -0.1) is 24.0 Å². The van der Waals surface area contributed by atoms with E-state index in [0.717, 1.165) is 62.5 Å². The highest BCUT2D eigenvalue weighted by Gasteiger charge is 2.20. The van der Waals surface area contributed by atoms with Crippen LogP contribution >= 0.6 is 24.0 Å². The first-order valence-electron chi connectivity index (χ1n) is 10.8. The number of carbonyl (C=O) groups excluding carboxylic acids is 1. The van der Waals surface area contributed by atoms with Crippen LogP contribution in [0.4, 0.5) is 4.39 Å². The Kier molecular flexibility index (Phi) is 10.9. The maximum Gasteiger partial charge on any atom is 0.251 e. The summed E-state index contributed by atoms with van der Waals surface area (Å²) in [6.07, 6.45) is 2.88. The van der Waals surface area contributed by atoms with Gasteiger partial charge in [0.1, 0.15) is 5.82 Å². The molecule has 6 nitrogen and oxygen atoms in total. The van der Waals surface area contributed by atoms with Crippen molar-refractivity contribution in [2.75, 3.05) is 33.7 Å².